The third-order valence-corrected chi connectivity index (χ3v) is 6.60. The smallest absolute Gasteiger partial charge is 0.264 e. The molecule has 4 aromatic rings. The van der Waals surface area contributed by atoms with Crippen LogP contribution in [0.4, 0.5) is 0 Å². The Hall–Kier alpha value is -3.20. The highest BCUT2D eigenvalue weighted by atomic mass is 35.5. The van der Waals surface area contributed by atoms with Gasteiger partial charge in [-0.25, -0.2) is 4.98 Å². The second-order valence-electron chi connectivity index (χ2n) is 8.88. The van der Waals surface area contributed by atoms with Gasteiger partial charge in [0.15, 0.2) is 5.65 Å². The van der Waals surface area contributed by atoms with Crippen LogP contribution in [0, 0.1) is 0 Å². The monoisotopic (exact) mass is 479 g/mol. The Morgan fingerprint density at radius 2 is 1.71 bits per heavy atom. The molecule has 34 heavy (non-hydrogen) atoms. The van der Waals surface area contributed by atoms with Gasteiger partial charge < -0.3 is 9.84 Å². The predicted octanol–water partition coefficient (Wildman–Crippen LogP) is 3.60. The number of benzene rings is 2. The fourth-order valence-corrected chi connectivity index (χ4v) is 4.47. The molecule has 0 atom stereocenters. The average molecular weight is 480 g/mol. The van der Waals surface area contributed by atoms with Gasteiger partial charge in [-0.15, -0.1) is 0 Å². The van der Waals surface area contributed by atoms with Crippen LogP contribution in [-0.4, -0.2) is 48.0 Å². The van der Waals surface area contributed by atoms with E-state index in [0.29, 0.717) is 28.9 Å². The van der Waals surface area contributed by atoms with Crippen LogP contribution in [0.25, 0.3) is 11.0 Å². The summed E-state index contributed by atoms with van der Waals surface area (Å²) in [7, 11) is 1.75. The highest BCUT2D eigenvalue weighted by Crippen LogP contribution is 2.27. The van der Waals surface area contributed by atoms with Crippen molar-refractivity contribution >= 4 is 22.6 Å². The average Bonchev–Trinajstić information content (AvgIpc) is 3.21. The van der Waals surface area contributed by atoms with Crippen LogP contribution in [0.2, 0.25) is 5.02 Å². The summed E-state index contributed by atoms with van der Waals surface area (Å²) in [4.78, 5) is 19.4. The summed E-state index contributed by atoms with van der Waals surface area (Å²) in [5.74, 6) is 1.51. The number of aliphatic hydroxyl groups is 1. The van der Waals surface area contributed by atoms with E-state index in [-0.39, 0.29) is 12.1 Å². The Labute approximate surface area is 202 Å². The molecule has 0 radical (unpaired) electrons. The Bertz CT molecular complexity index is 1340. The van der Waals surface area contributed by atoms with Crippen molar-refractivity contribution < 1.29 is 9.84 Å². The maximum Gasteiger partial charge on any atom is 0.264 e. The zero-order chi connectivity index (χ0) is 23.7. The summed E-state index contributed by atoms with van der Waals surface area (Å²) in [6.07, 6.45) is 4.20. The lowest BCUT2D eigenvalue weighted by molar-refractivity contribution is -0.0364. The van der Waals surface area contributed by atoms with Crippen molar-refractivity contribution in [2.75, 3.05) is 13.1 Å². The molecule has 1 saturated heterocycles. The highest BCUT2D eigenvalue weighted by molar-refractivity contribution is 6.30. The molecule has 5 rings (SSSR count). The molecule has 0 bridgehead atoms. The third-order valence-electron chi connectivity index (χ3n) is 6.35. The molecule has 8 nitrogen and oxygen atoms in total. The lowest BCUT2D eigenvalue weighted by atomic mass is 9.91. The number of hydrogen-bond acceptors (Lipinski definition) is 6. The number of fused-ring (bicyclic) bond motifs is 1. The zero-order valence-corrected chi connectivity index (χ0v) is 19.6. The summed E-state index contributed by atoms with van der Waals surface area (Å²) in [6.45, 7) is 2.52. The van der Waals surface area contributed by atoms with Crippen LogP contribution in [0.5, 0.6) is 11.5 Å². The first-order valence-electron chi connectivity index (χ1n) is 11.2. The fourth-order valence-electron chi connectivity index (χ4n) is 4.34. The third kappa shape index (κ3) is 4.84. The molecule has 0 aliphatic carbocycles. The Kier molecular flexibility index (Phi) is 6.12. The summed E-state index contributed by atoms with van der Waals surface area (Å²) >= 11 is 5.92. The van der Waals surface area contributed by atoms with Crippen LogP contribution >= 0.6 is 11.6 Å². The number of piperidine rings is 1. The zero-order valence-electron chi connectivity index (χ0n) is 18.9. The van der Waals surface area contributed by atoms with Crippen LogP contribution in [0.3, 0.4) is 0 Å². The summed E-state index contributed by atoms with van der Waals surface area (Å²) in [5.41, 5.74) is 0.618. The number of halogens is 1. The van der Waals surface area contributed by atoms with Gasteiger partial charge in [0.1, 0.15) is 23.2 Å². The molecule has 1 N–H and O–H groups in total. The van der Waals surface area contributed by atoms with Crippen molar-refractivity contribution in [3.05, 3.63) is 82.0 Å². The molecule has 0 unspecified atom stereocenters. The number of ether oxygens (including phenoxy) is 1. The van der Waals surface area contributed by atoms with Crippen molar-refractivity contribution in [2.24, 2.45) is 7.05 Å². The van der Waals surface area contributed by atoms with E-state index in [9.17, 15) is 9.90 Å². The van der Waals surface area contributed by atoms with Gasteiger partial charge in [0.05, 0.1) is 18.3 Å². The lowest BCUT2D eigenvalue weighted by Crippen LogP contribution is -2.47. The fraction of sp³-hybridized carbons (Fsp3) is 0.320. The van der Waals surface area contributed by atoms with Crippen molar-refractivity contribution in [1.82, 2.24) is 24.2 Å². The molecule has 1 fully saturated rings. The van der Waals surface area contributed by atoms with Crippen molar-refractivity contribution in [1.29, 1.82) is 0 Å². The molecular formula is C25H26ClN5O3. The van der Waals surface area contributed by atoms with Gasteiger partial charge in [0.2, 0.25) is 0 Å². The molecule has 2 aromatic heterocycles. The van der Waals surface area contributed by atoms with E-state index in [0.717, 1.165) is 31.1 Å². The van der Waals surface area contributed by atoms with E-state index in [1.165, 1.54) is 22.7 Å². The number of rotatable bonds is 6. The molecule has 176 valence electrons. The van der Waals surface area contributed by atoms with Crippen molar-refractivity contribution in [2.45, 2.75) is 31.5 Å². The first kappa shape index (κ1) is 22.6. The minimum Gasteiger partial charge on any atom is -0.457 e. The minimum absolute atomic E-state index is 0.171. The van der Waals surface area contributed by atoms with Crippen LogP contribution in [0.15, 0.2) is 65.8 Å². The van der Waals surface area contributed by atoms with Crippen molar-refractivity contribution in [3.8, 4) is 11.5 Å². The van der Waals surface area contributed by atoms with Gasteiger partial charge in [-0.3, -0.25) is 18.9 Å². The SMILES string of the molecule is Cn1ncc2c(=O)n(CC3(O)CCN(Cc4ccc(Oc5ccc(Cl)cc5)cc4)CC3)cnc21. The van der Waals surface area contributed by atoms with Crippen LogP contribution in [0.1, 0.15) is 18.4 Å². The Morgan fingerprint density at radius 3 is 2.38 bits per heavy atom. The number of aryl methyl sites for hydroxylation is 1. The quantitative estimate of drug-likeness (QED) is 0.455. The second-order valence-corrected chi connectivity index (χ2v) is 9.32. The molecule has 1 aliphatic rings. The molecular weight excluding hydrogens is 454 g/mol. The number of nitrogens with zero attached hydrogens (tertiary/aromatic N) is 5. The maximum atomic E-state index is 12.8. The number of likely N-dealkylation sites (tertiary alicyclic amines) is 1. The molecule has 9 heteroatoms. The van der Waals surface area contributed by atoms with Gasteiger partial charge in [-0.1, -0.05) is 23.7 Å². The van der Waals surface area contributed by atoms with Crippen LogP contribution in [-0.2, 0) is 20.1 Å². The topological polar surface area (TPSA) is 85.4 Å². The van der Waals surface area contributed by atoms with Gasteiger partial charge in [-0.05, 0) is 54.8 Å². The first-order valence-corrected chi connectivity index (χ1v) is 11.6. The van der Waals surface area contributed by atoms with E-state index in [1.807, 2.05) is 24.3 Å². The maximum absolute atomic E-state index is 12.8. The van der Waals surface area contributed by atoms with E-state index < -0.39 is 5.60 Å². The summed E-state index contributed by atoms with van der Waals surface area (Å²) < 4.78 is 8.93. The van der Waals surface area contributed by atoms with Gasteiger partial charge in [0, 0.05) is 31.7 Å². The Balaban J connectivity index is 1.17. The Morgan fingerprint density at radius 1 is 1.06 bits per heavy atom. The highest BCUT2D eigenvalue weighted by Gasteiger charge is 2.33. The molecule has 0 spiro atoms. The molecule has 2 aromatic carbocycles. The first-order chi connectivity index (χ1) is 16.4. The van der Waals surface area contributed by atoms with E-state index >= 15 is 0 Å². The molecule has 3 heterocycles. The summed E-state index contributed by atoms with van der Waals surface area (Å²) in [6, 6.07) is 15.3. The van der Waals surface area contributed by atoms with E-state index in [2.05, 4.69) is 27.1 Å². The summed E-state index contributed by atoms with van der Waals surface area (Å²) in [5, 5.41) is 16.4. The van der Waals surface area contributed by atoms with Gasteiger partial charge in [-0.2, -0.15) is 5.10 Å². The molecule has 0 amide bonds. The standard InChI is InChI=1S/C25H26ClN5O3/c1-29-23-22(14-28-29)24(32)31(17-27-23)16-25(33)10-12-30(13-11-25)15-18-2-6-20(7-3-18)34-21-8-4-19(26)5-9-21/h2-9,14,17,33H,10-13,15-16H2,1H3. The predicted molar refractivity (Wildman–Crippen MR) is 130 cm³/mol. The van der Waals surface area contributed by atoms with E-state index in [1.54, 1.807) is 23.9 Å². The van der Waals surface area contributed by atoms with Crippen LogP contribution < -0.4 is 10.3 Å². The largest absolute Gasteiger partial charge is 0.457 e. The number of hydrogen-bond donors (Lipinski definition) is 1. The minimum atomic E-state index is -0.936. The second kappa shape index (κ2) is 9.21. The van der Waals surface area contributed by atoms with E-state index in [4.69, 9.17) is 16.3 Å². The normalized spacial score (nSPS) is 16.1. The van der Waals surface area contributed by atoms with Gasteiger partial charge in [0.25, 0.3) is 5.56 Å². The van der Waals surface area contributed by atoms with Crippen molar-refractivity contribution in [3.63, 3.8) is 0 Å². The lowest BCUT2D eigenvalue weighted by Gasteiger charge is -2.38. The molecule has 0 saturated carbocycles. The number of aromatic nitrogens is 4. The van der Waals surface area contributed by atoms with Gasteiger partial charge >= 0.3 is 0 Å². The molecule has 1 aliphatic heterocycles.